The Morgan fingerprint density at radius 1 is 0.267 bits per heavy atom. The highest BCUT2D eigenvalue weighted by Crippen LogP contribution is 2.63. The van der Waals surface area contributed by atoms with Gasteiger partial charge >= 0.3 is 0 Å². The summed E-state index contributed by atoms with van der Waals surface area (Å²) in [5, 5.41) is 0. The van der Waals surface area contributed by atoms with Crippen LogP contribution >= 0.6 is 0 Å². The van der Waals surface area contributed by atoms with Crippen LogP contribution in [-0.4, -0.2) is 23.0 Å². The highest BCUT2D eigenvalue weighted by Gasteiger charge is 2.57. The predicted octanol–water partition coefficient (Wildman–Crippen LogP) is 12.2. The third-order valence-electron chi connectivity index (χ3n) is 17.9. The molecule has 0 N–H and O–H groups in total. The number of fused-ring (bicyclic) bond motifs is 5. The fourth-order valence-corrected chi connectivity index (χ4v) is 16.5. The summed E-state index contributed by atoms with van der Waals surface area (Å²) < 4.78 is 0. The van der Waals surface area contributed by atoms with Crippen LogP contribution in [-0.2, 0) is 0 Å². The monoisotopic (exact) mass is 616 g/mol. The molecule has 0 amide bonds. The molecular formula is C44H73N. The van der Waals surface area contributed by atoms with Gasteiger partial charge in [-0.25, -0.2) is 0 Å². The number of hydrogen-bond donors (Lipinski definition) is 0. The predicted molar refractivity (Wildman–Crippen MR) is 189 cm³/mol. The second kappa shape index (κ2) is 13.7. The minimum Gasteiger partial charge on any atom is -0.294 e. The molecule has 0 aromatic carbocycles. The minimum absolute atomic E-state index is 0.955. The maximum Gasteiger partial charge on any atom is 0.0133 e. The fourth-order valence-electron chi connectivity index (χ4n) is 16.5. The van der Waals surface area contributed by atoms with Crippen LogP contribution in [0.3, 0.4) is 0 Å². The maximum atomic E-state index is 3.34. The smallest absolute Gasteiger partial charge is 0.0133 e. The molecule has 8 saturated carbocycles. The highest BCUT2D eigenvalue weighted by molar-refractivity contribution is 5.08. The van der Waals surface area contributed by atoms with Gasteiger partial charge in [0.2, 0.25) is 0 Å². The van der Waals surface area contributed by atoms with Gasteiger partial charge in [-0.05, 0) is 154 Å². The summed E-state index contributed by atoms with van der Waals surface area (Å²) >= 11 is 0. The van der Waals surface area contributed by atoms with Crippen LogP contribution in [0.15, 0.2) is 0 Å². The van der Waals surface area contributed by atoms with Gasteiger partial charge in [-0.1, -0.05) is 103 Å². The molecule has 9 rings (SSSR count). The van der Waals surface area contributed by atoms with Crippen LogP contribution in [0.5, 0.6) is 0 Å². The summed E-state index contributed by atoms with van der Waals surface area (Å²) in [6, 6.07) is 2.92. The summed E-state index contributed by atoms with van der Waals surface area (Å²) in [5.74, 6) is 13.3. The molecule has 0 aromatic rings. The van der Waals surface area contributed by atoms with Crippen molar-refractivity contribution in [2.45, 2.75) is 204 Å². The van der Waals surface area contributed by atoms with E-state index in [-0.39, 0.29) is 0 Å². The normalized spacial score (nSPS) is 50.3. The first-order valence-corrected chi connectivity index (χ1v) is 22.1. The maximum absolute atomic E-state index is 3.34. The van der Waals surface area contributed by atoms with Crippen molar-refractivity contribution in [3.63, 3.8) is 0 Å². The molecule has 0 spiro atoms. The van der Waals surface area contributed by atoms with Crippen molar-refractivity contribution in [2.24, 2.45) is 71.0 Å². The van der Waals surface area contributed by atoms with E-state index >= 15 is 0 Å². The second-order valence-corrected chi connectivity index (χ2v) is 19.5. The summed E-state index contributed by atoms with van der Waals surface area (Å²) in [5.41, 5.74) is 0. The van der Waals surface area contributed by atoms with Crippen LogP contribution in [0, 0.1) is 71.0 Å². The van der Waals surface area contributed by atoms with Crippen molar-refractivity contribution in [1.29, 1.82) is 0 Å². The Balaban J connectivity index is 0.910. The topological polar surface area (TPSA) is 3.24 Å². The van der Waals surface area contributed by atoms with E-state index in [1.165, 1.54) is 12.8 Å². The molecule has 1 nitrogen and oxygen atoms in total. The molecule has 9 atom stereocenters. The summed E-state index contributed by atoms with van der Waals surface area (Å²) in [7, 11) is 0. The molecule has 1 heteroatoms. The van der Waals surface area contributed by atoms with Gasteiger partial charge in [0.1, 0.15) is 0 Å². The van der Waals surface area contributed by atoms with E-state index in [1.807, 2.05) is 0 Å². The number of nitrogens with zero attached hydrogens (tertiary/aromatic N) is 1. The van der Waals surface area contributed by atoms with Crippen LogP contribution in [0.25, 0.3) is 0 Å². The third kappa shape index (κ3) is 5.76. The Morgan fingerprint density at radius 2 is 0.689 bits per heavy atom. The first-order valence-electron chi connectivity index (χ1n) is 22.1. The first kappa shape index (κ1) is 31.0. The largest absolute Gasteiger partial charge is 0.294 e. The van der Waals surface area contributed by atoms with E-state index in [1.54, 1.807) is 173 Å². The molecule has 0 aromatic heterocycles. The zero-order chi connectivity index (χ0) is 29.7. The van der Waals surface area contributed by atoms with Gasteiger partial charge in [-0.2, -0.15) is 0 Å². The lowest BCUT2D eigenvalue weighted by Gasteiger charge is -2.60. The van der Waals surface area contributed by atoms with Crippen molar-refractivity contribution < 1.29 is 0 Å². The lowest BCUT2D eigenvalue weighted by Crippen LogP contribution is -2.54. The molecule has 8 aliphatic carbocycles. The van der Waals surface area contributed by atoms with E-state index in [0.29, 0.717) is 0 Å². The summed E-state index contributed by atoms with van der Waals surface area (Å²) in [6.07, 6.45) is 45.9. The lowest BCUT2D eigenvalue weighted by molar-refractivity contribution is -0.114. The molecule has 1 heterocycles. The van der Waals surface area contributed by atoms with E-state index < -0.39 is 0 Å². The van der Waals surface area contributed by atoms with Crippen molar-refractivity contribution >= 4 is 0 Å². The molecule has 254 valence electrons. The molecule has 9 aliphatic rings. The van der Waals surface area contributed by atoms with Gasteiger partial charge < -0.3 is 0 Å². The first-order chi connectivity index (χ1) is 22.3. The van der Waals surface area contributed by atoms with Crippen molar-refractivity contribution in [3.05, 3.63) is 0 Å². The Kier molecular flexibility index (Phi) is 9.43. The highest BCUT2D eigenvalue weighted by atomic mass is 15.3. The Morgan fingerprint density at radius 3 is 1.27 bits per heavy atom. The minimum atomic E-state index is 0.955. The van der Waals surface area contributed by atoms with Crippen LogP contribution < -0.4 is 0 Å². The fraction of sp³-hybridized carbons (Fsp3) is 1.00. The molecule has 45 heavy (non-hydrogen) atoms. The van der Waals surface area contributed by atoms with Gasteiger partial charge in [0.15, 0.2) is 0 Å². The summed E-state index contributed by atoms with van der Waals surface area (Å²) in [4.78, 5) is 3.34. The molecule has 9 fully saturated rings. The summed E-state index contributed by atoms with van der Waals surface area (Å²) in [6.45, 7) is 0. The van der Waals surface area contributed by atoms with Crippen LogP contribution in [0.2, 0.25) is 0 Å². The van der Waals surface area contributed by atoms with Gasteiger partial charge in [0.25, 0.3) is 0 Å². The van der Waals surface area contributed by atoms with Crippen molar-refractivity contribution in [1.82, 2.24) is 4.90 Å². The molecule has 0 radical (unpaired) electrons. The Hall–Kier alpha value is -0.0400. The third-order valence-corrected chi connectivity index (χ3v) is 17.9. The molecule has 0 bridgehead atoms. The average Bonchev–Trinajstić information content (AvgIpc) is 3.45. The van der Waals surface area contributed by atoms with E-state index in [4.69, 9.17) is 0 Å². The van der Waals surface area contributed by atoms with Crippen molar-refractivity contribution in [2.75, 3.05) is 0 Å². The number of hydrogen-bond acceptors (Lipinski definition) is 1. The second-order valence-electron chi connectivity index (χ2n) is 19.5. The van der Waals surface area contributed by atoms with Crippen LogP contribution in [0.4, 0.5) is 0 Å². The Bertz CT molecular complexity index is 928. The SMILES string of the molecule is C1CCC(C2CCC3C(C2)C2CCCCC2N3C2CCC(C3C4CCCCC4C(C4CCCCC4)C4CCCCC43)CC2)CC1. The van der Waals surface area contributed by atoms with Gasteiger partial charge in [0.05, 0.1) is 0 Å². The number of rotatable bonds is 4. The standard InChI is InChI=1S/C44H73N/c1-3-13-30(14-4-1)33-25-28-42-40(29-33)35-17-11-12-22-41(35)45(42)34-26-23-32(24-27-34)44-38-20-9-7-18-36(38)43(31-15-5-2-6-16-31)37-19-8-10-21-39(37)44/h30-44H,1-29H2. The van der Waals surface area contributed by atoms with Gasteiger partial charge in [-0.15, -0.1) is 0 Å². The molecule has 9 unspecified atom stereocenters. The van der Waals surface area contributed by atoms with E-state index in [0.717, 1.165) is 89.1 Å². The van der Waals surface area contributed by atoms with Crippen molar-refractivity contribution in [3.8, 4) is 0 Å². The zero-order valence-electron chi connectivity index (χ0n) is 29.6. The molecule has 1 aliphatic heterocycles. The average molecular weight is 616 g/mol. The van der Waals surface area contributed by atoms with Gasteiger partial charge in [0, 0.05) is 18.1 Å². The van der Waals surface area contributed by atoms with E-state index in [2.05, 4.69) is 4.90 Å². The zero-order valence-corrected chi connectivity index (χ0v) is 29.6. The van der Waals surface area contributed by atoms with E-state index in [9.17, 15) is 0 Å². The van der Waals surface area contributed by atoms with Gasteiger partial charge in [-0.3, -0.25) is 4.90 Å². The molecular weight excluding hydrogens is 542 g/mol. The molecule has 1 saturated heterocycles. The number of likely N-dealkylation sites (tertiary alicyclic amines) is 1. The quantitative estimate of drug-likeness (QED) is 0.304. The Labute approximate surface area is 279 Å². The van der Waals surface area contributed by atoms with Crippen LogP contribution in [0.1, 0.15) is 186 Å². The lowest BCUT2D eigenvalue weighted by atomic mass is 9.45.